The first kappa shape index (κ1) is 16.5. The van der Waals surface area contributed by atoms with E-state index in [1.165, 1.54) is 6.39 Å². The second kappa shape index (κ2) is 6.82. The Hall–Kier alpha value is -3.66. The molecular formula is C18H14N8OS. The molecule has 10 heteroatoms. The number of aromatic nitrogens is 7. The van der Waals surface area contributed by atoms with Crippen molar-refractivity contribution in [1.82, 2.24) is 34.8 Å². The highest BCUT2D eigenvalue weighted by Crippen LogP contribution is 2.30. The lowest BCUT2D eigenvalue weighted by atomic mass is 10.2. The SMILES string of the molecule is Cc1cc(Nc2nc(Sc3ccc(-c4nnco4)cc3)cc3nccn23)n[nH]1. The van der Waals surface area contributed by atoms with Crippen LogP contribution in [0.25, 0.3) is 17.1 Å². The first-order chi connectivity index (χ1) is 13.7. The zero-order valence-electron chi connectivity index (χ0n) is 14.7. The third-order valence-electron chi connectivity index (χ3n) is 4.00. The lowest BCUT2D eigenvalue weighted by Gasteiger charge is -2.08. The molecule has 0 saturated heterocycles. The largest absolute Gasteiger partial charge is 0.423 e. The van der Waals surface area contributed by atoms with Gasteiger partial charge in [0.25, 0.3) is 0 Å². The van der Waals surface area contributed by atoms with Crippen molar-refractivity contribution < 1.29 is 4.42 Å². The number of hydrogen-bond acceptors (Lipinski definition) is 8. The molecule has 0 aliphatic heterocycles. The highest BCUT2D eigenvalue weighted by molar-refractivity contribution is 7.99. The number of hydrogen-bond donors (Lipinski definition) is 2. The first-order valence-electron chi connectivity index (χ1n) is 8.42. The van der Waals surface area contributed by atoms with Gasteiger partial charge in [0.15, 0.2) is 5.82 Å². The molecule has 0 amide bonds. The van der Waals surface area contributed by atoms with Crippen molar-refractivity contribution in [3.63, 3.8) is 0 Å². The number of fused-ring (bicyclic) bond motifs is 1. The van der Waals surface area contributed by atoms with Crippen LogP contribution in [0.4, 0.5) is 11.8 Å². The summed E-state index contributed by atoms with van der Waals surface area (Å²) in [5.74, 6) is 1.84. The van der Waals surface area contributed by atoms with E-state index in [4.69, 9.17) is 9.40 Å². The summed E-state index contributed by atoms with van der Waals surface area (Å²) in [6, 6.07) is 11.7. The van der Waals surface area contributed by atoms with E-state index >= 15 is 0 Å². The van der Waals surface area contributed by atoms with E-state index in [0.29, 0.717) is 17.7 Å². The van der Waals surface area contributed by atoms with Crippen molar-refractivity contribution in [2.45, 2.75) is 16.8 Å². The van der Waals surface area contributed by atoms with Gasteiger partial charge in [0.1, 0.15) is 10.7 Å². The maximum absolute atomic E-state index is 5.22. The molecule has 0 spiro atoms. The van der Waals surface area contributed by atoms with Crippen LogP contribution in [0.1, 0.15) is 5.69 Å². The average molecular weight is 390 g/mol. The Balaban J connectivity index is 1.44. The molecule has 5 rings (SSSR count). The van der Waals surface area contributed by atoms with Crippen LogP contribution in [0, 0.1) is 6.92 Å². The Bertz CT molecular complexity index is 1230. The quantitative estimate of drug-likeness (QED) is 0.437. The number of nitrogens with zero attached hydrogens (tertiary/aromatic N) is 6. The molecule has 5 aromatic rings. The van der Waals surface area contributed by atoms with Gasteiger partial charge in [-0.05, 0) is 31.2 Å². The van der Waals surface area contributed by atoms with Gasteiger partial charge < -0.3 is 9.73 Å². The van der Waals surface area contributed by atoms with Gasteiger partial charge in [-0.1, -0.05) is 11.8 Å². The molecule has 0 aliphatic carbocycles. The second-order valence-corrected chi connectivity index (χ2v) is 7.10. The molecule has 2 N–H and O–H groups in total. The Labute approximate surface area is 163 Å². The number of aromatic amines is 1. The van der Waals surface area contributed by atoms with Crippen LogP contribution in [0.5, 0.6) is 0 Å². The summed E-state index contributed by atoms with van der Waals surface area (Å²) in [6.45, 7) is 1.95. The molecule has 4 aromatic heterocycles. The summed E-state index contributed by atoms with van der Waals surface area (Å²) in [4.78, 5) is 10.2. The zero-order valence-corrected chi connectivity index (χ0v) is 15.5. The van der Waals surface area contributed by atoms with Gasteiger partial charge in [-0.2, -0.15) is 5.10 Å². The lowest BCUT2D eigenvalue weighted by Crippen LogP contribution is -2.02. The Morgan fingerprint density at radius 2 is 2.07 bits per heavy atom. The number of imidazole rings is 1. The third-order valence-corrected chi connectivity index (χ3v) is 4.92. The molecule has 9 nitrogen and oxygen atoms in total. The number of benzene rings is 1. The molecule has 0 unspecified atom stereocenters. The van der Waals surface area contributed by atoms with E-state index in [1.807, 2.05) is 53.9 Å². The van der Waals surface area contributed by atoms with Crippen LogP contribution in [-0.2, 0) is 0 Å². The van der Waals surface area contributed by atoms with Crippen LogP contribution < -0.4 is 5.32 Å². The van der Waals surface area contributed by atoms with Gasteiger partial charge in [0.05, 0.1) is 0 Å². The summed E-state index contributed by atoms with van der Waals surface area (Å²) < 4.78 is 7.10. The van der Waals surface area contributed by atoms with Gasteiger partial charge >= 0.3 is 0 Å². The van der Waals surface area contributed by atoms with Gasteiger partial charge in [-0.15, -0.1) is 10.2 Å². The number of nitrogens with one attached hydrogen (secondary N) is 2. The van der Waals surface area contributed by atoms with Crippen molar-refractivity contribution in [3.8, 4) is 11.5 Å². The summed E-state index contributed by atoms with van der Waals surface area (Å²) in [6.07, 6.45) is 4.92. The van der Waals surface area contributed by atoms with Crippen LogP contribution >= 0.6 is 11.8 Å². The van der Waals surface area contributed by atoms with Gasteiger partial charge in [0.2, 0.25) is 18.2 Å². The van der Waals surface area contributed by atoms with E-state index < -0.39 is 0 Å². The predicted octanol–water partition coefficient (Wildman–Crippen LogP) is 3.71. The molecule has 1 aromatic carbocycles. The average Bonchev–Trinajstić information content (AvgIpc) is 3.44. The second-order valence-electron chi connectivity index (χ2n) is 6.00. The minimum absolute atomic E-state index is 0.495. The minimum Gasteiger partial charge on any atom is -0.423 e. The van der Waals surface area contributed by atoms with Gasteiger partial charge in [-0.25, -0.2) is 9.97 Å². The van der Waals surface area contributed by atoms with E-state index in [0.717, 1.165) is 26.8 Å². The number of anilines is 2. The fourth-order valence-electron chi connectivity index (χ4n) is 2.72. The lowest BCUT2D eigenvalue weighted by molar-refractivity contribution is 0.568. The summed E-state index contributed by atoms with van der Waals surface area (Å²) >= 11 is 1.54. The standard InChI is InChI=1S/C18H14N8OS/c1-11-8-14(24-23-11)21-18-22-16(9-15-19-6-7-26(15)18)28-13-4-2-12(3-5-13)17-25-20-10-27-17/h2-10H,1H3,(H2,21,22,23,24). The fraction of sp³-hybridized carbons (Fsp3) is 0.0556. The molecule has 28 heavy (non-hydrogen) atoms. The molecule has 4 heterocycles. The molecule has 0 aliphatic rings. The van der Waals surface area contributed by atoms with Crippen molar-refractivity contribution >= 4 is 29.2 Å². The monoisotopic (exact) mass is 390 g/mol. The number of H-pyrrole nitrogens is 1. The van der Waals surface area contributed by atoms with Crippen LogP contribution in [-0.4, -0.2) is 34.8 Å². The van der Waals surface area contributed by atoms with Crippen LogP contribution in [0.15, 0.2) is 69.5 Å². The van der Waals surface area contributed by atoms with Crippen molar-refractivity contribution in [2.75, 3.05) is 5.32 Å². The van der Waals surface area contributed by atoms with Crippen LogP contribution in [0.2, 0.25) is 0 Å². The normalized spacial score (nSPS) is 11.2. The van der Waals surface area contributed by atoms with E-state index in [1.54, 1.807) is 18.0 Å². The summed E-state index contributed by atoms with van der Waals surface area (Å²) in [7, 11) is 0. The number of aryl methyl sites for hydroxylation is 1. The number of rotatable bonds is 5. The molecule has 0 bridgehead atoms. The highest BCUT2D eigenvalue weighted by atomic mass is 32.2. The molecular weight excluding hydrogens is 376 g/mol. The highest BCUT2D eigenvalue weighted by Gasteiger charge is 2.10. The molecule has 0 radical (unpaired) electrons. The van der Waals surface area contributed by atoms with Crippen molar-refractivity contribution in [3.05, 3.63) is 60.9 Å². The van der Waals surface area contributed by atoms with Crippen molar-refractivity contribution in [1.29, 1.82) is 0 Å². The predicted molar refractivity (Wildman–Crippen MR) is 103 cm³/mol. The van der Waals surface area contributed by atoms with Crippen LogP contribution in [0.3, 0.4) is 0 Å². The molecule has 0 fully saturated rings. The van der Waals surface area contributed by atoms with Gasteiger partial charge in [0, 0.05) is 40.7 Å². The van der Waals surface area contributed by atoms with Crippen molar-refractivity contribution in [2.24, 2.45) is 0 Å². The molecule has 0 atom stereocenters. The minimum atomic E-state index is 0.495. The Morgan fingerprint density at radius 1 is 1.18 bits per heavy atom. The van der Waals surface area contributed by atoms with Gasteiger partial charge in [-0.3, -0.25) is 9.50 Å². The van der Waals surface area contributed by atoms with E-state index in [2.05, 4.69) is 30.7 Å². The smallest absolute Gasteiger partial charge is 0.247 e. The topological polar surface area (TPSA) is 110 Å². The summed E-state index contributed by atoms with van der Waals surface area (Å²) in [5, 5.41) is 18.8. The maximum Gasteiger partial charge on any atom is 0.247 e. The zero-order chi connectivity index (χ0) is 18.9. The molecule has 0 saturated carbocycles. The fourth-order valence-corrected chi connectivity index (χ4v) is 3.53. The Kier molecular flexibility index (Phi) is 4.02. The first-order valence-corrected chi connectivity index (χ1v) is 9.24. The Morgan fingerprint density at radius 3 is 2.82 bits per heavy atom. The summed E-state index contributed by atoms with van der Waals surface area (Å²) in [5.41, 5.74) is 2.64. The maximum atomic E-state index is 5.22. The molecule has 138 valence electrons. The third kappa shape index (κ3) is 3.21. The van der Waals surface area contributed by atoms with E-state index in [9.17, 15) is 0 Å². The van der Waals surface area contributed by atoms with E-state index in [-0.39, 0.29) is 0 Å².